The van der Waals surface area contributed by atoms with Crippen molar-refractivity contribution in [2.24, 2.45) is 0 Å². The SMILES string of the molecule is CCOC(=O)COC(=O)c1sccc1C1CC1. The van der Waals surface area contributed by atoms with Gasteiger partial charge in [0, 0.05) is 0 Å². The maximum atomic E-state index is 11.7. The van der Waals surface area contributed by atoms with Gasteiger partial charge in [0.2, 0.25) is 0 Å². The Labute approximate surface area is 104 Å². The first-order valence-electron chi connectivity index (χ1n) is 5.62. The number of thiophene rings is 1. The standard InChI is InChI=1S/C12H14O4S/c1-2-15-10(13)7-16-12(14)11-9(5-6-17-11)8-3-4-8/h5-6,8H,2-4,7H2,1H3. The van der Waals surface area contributed by atoms with Crippen LogP contribution in [0, 0.1) is 0 Å². The Bertz CT molecular complexity index is 420. The summed E-state index contributed by atoms with van der Waals surface area (Å²) in [5, 5.41) is 1.88. The van der Waals surface area contributed by atoms with Crippen LogP contribution in [0.25, 0.3) is 0 Å². The number of esters is 2. The predicted octanol–water partition coefficient (Wildman–Crippen LogP) is 2.35. The third-order valence-electron chi connectivity index (χ3n) is 2.52. The molecule has 0 saturated heterocycles. The number of carbonyl (C=O) groups excluding carboxylic acids is 2. The number of rotatable bonds is 5. The Morgan fingerprint density at radius 1 is 1.41 bits per heavy atom. The van der Waals surface area contributed by atoms with Crippen LogP contribution >= 0.6 is 11.3 Å². The Kier molecular flexibility index (Phi) is 3.78. The highest BCUT2D eigenvalue weighted by Crippen LogP contribution is 2.43. The molecule has 1 heterocycles. The molecule has 92 valence electrons. The Hall–Kier alpha value is -1.36. The summed E-state index contributed by atoms with van der Waals surface area (Å²) in [6.45, 7) is 1.70. The van der Waals surface area contributed by atoms with E-state index in [0.717, 1.165) is 18.4 Å². The fourth-order valence-electron chi connectivity index (χ4n) is 1.59. The van der Waals surface area contributed by atoms with Crippen LogP contribution in [0.3, 0.4) is 0 Å². The molecule has 0 spiro atoms. The van der Waals surface area contributed by atoms with Crippen molar-refractivity contribution in [2.75, 3.05) is 13.2 Å². The van der Waals surface area contributed by atoms with E-state index >= 15 is 0 Å². The molecule has 0 atom stereocenters. The topological polar surface area (TPSA) is 52.6 Å². The minimum Gasteiger partial charge on any atom is -0.463 e. The van der Waals surface area contributed by atoms with Crippen molar-refractivity contribution in [1.29, 1.82) is 0 Å². The van der Waals surface area contributed by atoms with E-state index in [0.29, 0.717) is 17.4 Å². The van der Waals surface area contributed by atoms with E-state index < -0.39 is 11.9 Å². The van der Waals surface area contributed by atoms with E-state index in [-0.39, 0.29) is 6.61 Å². The normalized spacial score (nSPS) is 14.4. The highest BCUT2D eigenvalue weighted by molar-refractivity contribution is 7.12. The molecule has 0 N–H and O–H groups in total. The van der Waals surface area contributed by atoms with Crippen molar-refractivity contribution in [3.8, 4) is 0 Å². The van der Waals surface area contributed by atoms with Gasteiger partial charge in [-0.3, -0.25) is 0 Å². The van der Waals surface area contributed by atoms with E-state index in [1.54, 1.807) is 6.92 Å². The Morgan fingerprint density at radius 2 is 2.18 bits per heavy atom. The summed E-state index contributed by atoms with van der Waals surface area (Å²) in [7, 11) is 0. The molecule has 1 aromatic rings. The van der Waals surface area contributed by atoms with Crippen LogP contribution in [0.1, 0.15) is 40.9 Å². The number of ether oxygens (including phenoxy) is 2. The Morgan fingerprint density at radius 3 is 2.82 bits per heavy atom. The molecule has 0 aliphatic heterocycles. The van der Waals surface area contributed by atoms with E-state index in [4.69, 9.17) is 4.74 Å². The first-order chi connectivity index (χ1) is 8.22. The van der Waals surface area contributed by atoms with Gasteiger partial charge in [0.25, 0.3) is 0 Å². The van der Waals surface area contributed by atoms with E-state index in [1.807, 2.05) is 11.4 Å². The lowest BCUT2D eigenvalue weighted by atomic mass is 10.2. The molecule has 1 aromatic heterocycles. The second kappa shape index (κ2) is 5.31. The monoisotopic (exact) mass is 254 g/mol. The summed E-state index contributed by atoms with van der Waals surface area (Å²) < 4.78 is 9.60. The maximum Gasteiger partial charge on any atom is 0.349 e. The molecule has 2 rings (SSSR count). The molecule has 17 heavy (non-hydrogen) atoms. The number of hydrogen-bond donors (Lipinski definition) is 0. The fourth-order valence-corrected chi connectivity index (χ4v) is 2.47. The average Bonchev–Trinajstić information content (AvgIpc) is 3.04. The molecule has 0 unspecified atom stereocenters. The minimum absolute atomic E-state index is 0.294. The fraction of sp³-hybridized carbons (Fsp3) is 0.500. The zero-order valence-electron chi connectivity index (χ0n) is 9.60. The molecule has 0 bridgehead atoms. The number of carbonyl (C=O) groups is 2. The summed E-state index contributed by atoms with van der Waals surface area (Å²) in [5.41, 5.74) is 1.06. The highest BCUT2D eigenvalue weighted by Gasteiger charge is 2.29. The van der Waals surface area contributed by atoms with Crippen molar-refractivity contribution in [3.05, 3.63) is 21.9 Å². The average molecular weight is 254 g/mol. The highest BCUT2D eigenvalue weighted by atomic mass is 32.1. The van der Waals surface area contributed by atoms with Gasteiger partial charge in [0.05, 0.1) is 6.61 Å². The van der Waals surface area contributed by atoms with Crippen molar-refractivity contribution < 1.29 is 19.1 Å². The molecule has 0 aromatic carbocycles. The maximum absolute atomic E-state index is 11.7. The molecule has 4 nitrogen and oxygen atoms in total. The smallest absolute Gasteiger partial charge is 0.349 e. The molecule has 5 heteroatoms. The first kappa shape index (κ1) is 12.1. The van der Waals surface area contributed by atoms with Gasteiger partial charge in [-0.1, -0.05) is 0 Å². The second-order valence-electron chi connectivity index (χ2n) is 3.86. The molecular weight excluding hydrogens is 240 g/mol. The van der Waals surface area contributed by atoms with Gasteiger partial charge in [-0.2, -0.15) is 0 Å². The lowest BCUT2D eigenvalue weighted by Gasteiger charge is -2.04. The van der Waals surface area contributed by atoms with Crippen LogP contribution in [0.15, 0.2) is 11.4 Å². The summed E-state index contributed by atoms with van der Waals surface area (Å²) in [5.74, 6) is -0.424. The first-order valence-corrected chi connectivity index (χ1v) is 6.50. The van der Waals surface area contributed by atoms with Crippen LogP contribution in [0.2, 0.25) is 0 Å². The third kappa shape index (κ3) is 3.06. The van der Waals surface area contributed by atoms with Crippen LogP contribution in [0.5, 0.6) is 0 Å². The van der Waals surface area contributed by atoms with Crippen molar-refractivity contribution in [1.82, 2.24) is 0 Å². The molecule has 1 fully saturated rings. The third-order valence-corrected chi connectivity index (χ3v) is 3.43. The van der Waals surface area contributed by atoms with Crippen LogP contribution < -0.4 is 0 Å². The zero-order valence-corrected chi connectivity index (χ0v) is 10.4. The molecule has 1 aliphatic carbocycles. The molecule has 0 amide bonds. The molecule has 1 aliphatic rings. The van der Waals surface area contributed by atoms with E-state index in [2.05, 4.69) is 4.74 Å². The van der Waals surface area contributed by atoms with Crippen molar-refractivity contribution in [2.45, 2.75) is 25.7 Å². The van der Waals surface area contributed by atoms with Gasteiger partial charge >= 0.3 is 11.9 Å². The lowest BCUT2D eigenvalue weighted by Crippen LogP contribution is -2.16. The Balaban J connectivity index is 1.90. The van der Waals surface area contributed by atoms with Crippen molar-refractivity contribution in [3.63, 3.8) is 0 Å². The van der Waals surface area contributed by atoms with Gasteiger partial charge in [-0.15, -0.1) is 11.3 Å². The van der Waals surface area contributed by atoms with Gasteiger partial charge in [-0.25, -0.2) is 9.59 Å². The van der Waals surface area contributed by atoms with Gasteiger partial charge in [0.15, 0.2) is 6.61 Å². The van der Waals surface area contributed by atoms with Crippen LogP contribution in [-0.2, 0) is 14.3 Å². The second-order valence-corrected chi connectivity index (χ2v) is 4.78. The molecule has 1 saturated carbocycles. The summed E-state index contributed by atoms with van der Waals surface area (Å²) in [6, 6.07) is 1.96. The zero-order chi connectivity index (χ0) is 12.3. The largest absolute Gasteiger partial charge is 0.463 e. The van der Waals surface area contributed by atoms with Crippen LogP contribution in [0.4, 0.5) is 0 Å². The minimum atomic E-state index is -0.509. The van der Waals surface area contributed by atoms with Gasteiger partial charge in [0.1, 0.15) is 4.88 Å². The van der Waals surface area contributed by atoms with E-state index in [9.17, 15) is 9.59 Å². The van der Waals surface area contributed by atoms with Gasteiger partial charge < -0.3 is 9.47 Å². The van der Waals surface area contributed by atoms with Gasteiger partial charge in [-0.05, 0) is 42.7 Å². The van der Waals surface area contributed by atoms with Crippen LogP contribution in [-0.4, -0.2) is 25.2 Å². The van der Waals surface area contributed by atoms with Crippen molar-refractivity contribution >= 4 is 23.3 Å². The lowest BCUT2D eigenvalue weighted by molar-refractivity contribution is -0.146. The summed E-state index contributed by atoms with van der Waals surface area (Å²) >= 11 is 1.36. The molecular formula is C12H14O4S. The quantitative estimate of drug-likeness (QED) is 0.757. The number of hydrogen-bond acceptors (Lipinski definition) is 5. The predicted molar refractivity (Wildman–Crippen MR) is 63.2 cm³/mol. The molecule has 0 radical (unpaired) electrons. The summed E-state index contributed by atoms with van der Waals surface area (Å²) in [6.07, 6.45) is 2.27. The van der Waals surface area contributed by atoms with E-state index in [1.165, 1.54) is 11.3 Å². The summed E-state index contributed by atoms with van der Waals surface area (Å²) in [4.78, 5) is 23.4.